The molecule has 2 heteroatoms. The smallest absolute Gasteiger partial charge is 0.248 e. The Morgan fingerprint density at radius 2 is 1.47 bits per heavy atom. The van der Waals surface area contributed by atoms with Gasteiger partial charge in [-0.1, -0.05) is 44.6 Å². The van der Waals surface area contributed by atoms with Gasteiger partial charge in [-0.3, -0.25) is 4.79 Å². The molecule has 0 unspecified atom stereocenters. The topological polar surface area (TPSA) is 17.1 Å². The molecule has 0 radical (unpaired) electrons. The molecule has 0 aromatic rings. The van der Waals surface area contributed by atoms with Crippen LogP contribution in [-0.4, -0.2) is 5.24 Å². The second-order valence-electron chi connectivity index (χ2n) is 4.37. The van der Waals surface area contributed by atoms with Crippen LogP contribution in [0.3, 0.4) is 0 Å². The Balaban J connectivity index is 2.42. The van der Waals surface area contributed by atoms with Crippen molar-refractivity contribution in [3.8, 4) is 0 Å². The molecular weight excluding hydrogens is 208 g/mol. The predicted molar refractivity (Wildman–Crippen MR) is 65.1 cm³/mol. The Hall–Kier alpha value is -0.300. The Bertz CT molecular complexity index is 221. The fraction of sp³-hybridized carbons (Fsp3) is 0.769. The molecule has 0 aromatic carbocycles. The molecule has 86 valence electrons. The third-order valence-electron chi connectivity index (χ3n) is 3.04. The zero-order valence-corrected chi connectivity index (χ0v) is 10.2. The summed E-state index contributed by atoms with van der Waals surface area (Å²) in [5, 5.41) is -0.243. The molecule has 0 atom stereocenters. The van der Waals surface area contributed by atoms with Crippen molar-refractivity contribution in [3.63, 3.8) is 0 Å². The standard InChI is InChI=1S/C13H21ClO/c14-13(15)12-10-8-6-4-2-1-3-5-7-9-11-12/h10H,1-9,11H2/b12-10+. The molecule has 0 aromatic heterocycles. The maximum Gasteiger partial charge on any atom is 0.248 e. The van der Waals surface area contributed by atoms with Crippen molar-refractivity contribution in [3.05, 3.63) is 11.6 Å². The van der Waals surface area contributed by atoms with Gasteiger partial charge in [0.25, 0.3) is 0 Å². The van der Waals surface area contributed by atoms with Gasteiger partial charge in [0.1, 0.15) is 0 Å². The van der Waals surface area contributed by atoms with Crippen LogP contribution in [0.25, 0.3) is 0 Å². The minimum atomic E-state index is -0.243. The molecule has 1 nitrogen and oxygen atoms in total. The maximum atomic E-state index is 11.1. The summed E-state index contributed by atoms with van der Waals surface area (Å²) in [6, 6.07) is 0. The fourth-order valence-corrected chi connectivity index (χ4v) is 2.25. The van der Waals surface area contributed by atoms with Gasteiger partial charge < -0.3 is 0 Å². The fourth-order valence-electron chi connectivity index (χ4n) is 2.08. The van der Waals surface area contributed by atoms with Crippen molar-refractivity contribution < 1.29 is 4.79 Å². The van der Waals surface area contributed by atoms with Gasteiger partial charge in [-0.2, -0.15) is 0 Å². The van der Waals surface area contributed by atoms with E-state index in [1.54, 1.807) is 0 Å². The molecule has 0 spiro atoms. The van der Waals surface area contributed by atoms with Crippen molar-refractivity contribution in [2.24, 2.45) is 0 Å². The Morgan fingerprint density at radius 1 is 0.933 bits per heavy atom. The van der Waals surface area contributed by atoms with Gasteiger partial charge in [0.05, 0.1) is 0 Å². The lowest BCUT2D eigenvalue weighted by Crippen LogP contribution is -1.95. The van der Waals surface area contributed by atoms with E-state index in [2.05, 4.69) is 6.08 Å². The van der Waals surface area contributed by atoms with Crippen LogP contribution in [0, 0.1) is 0 Å². The molecule has 15 heavy (non-hydrogen) atoms. The quantitative estimate of drug-likeness (QED) is 0.600. The van der Waals surface area contributed by atoms with E-state index in [4.69, 9.17) is 11.6 Å². The number of hydrogen-bond donors (Lipinski definition) is 0. The first kappa shape index (κ1) is 12.8. The third-order valence-corrected chi connectivity index (χ3v) is 3.29. The van der Waals surface area contributed by atoms with Crippen LogP contribution < -0.4 is 0 Å². The van der Waals surface area contributed by atoms with E-state index in [-0.39, 0.29) is 5.24 Å². The number of hydrogen-bond acceptors (Lipinski definition) is 1. The van der Waals surface area contributed by atoms with Crippen LogP contribution in [0.5, 0.6) is 0 Å². The lowest BCUT2D eigenvalue weighted by atomic mass is 10.0. The zero-order valence-electron chi connectivity index (χ0n) is 9.43. The number of carbonyl (C=O) groups excluding carboxylic acids is 1. The second-order valence-corrected chi connectivity index (χ2v) is 4.71. The maximum absolute atomic E-state index is 11.1. The minimum Gasteiger partial charge on any atom is -0.276 e. The second kappa shape index (κ2) is 7.92. The molecule has 0 bridgehead atoms. The average Bonchev–Trinajstić information content (AvgIpc) is 2.18. The molecule has 0 saturated carbocycles. The molecule has 1 aliphatic rings. The monoisotopic (exact) mass is 228 g/mol. The highest BCUT2D eigenvalue weighted by molar-refractivity contribution is 6.67. The third kappa shape index (κ3) is 5.99. The summed E-state index contributed by atoms with van der Waals surface area (Å²) >= 11 is 5.54. The Labute approximate surface area is 97.9 Å². The zero-order chi connectivity index (χ0) is 10.9. The van der Waals surface area contributed by atoms with E-state index in [0.29, 0.717) is 0 Å². The van der Waals surface area contributed by atoms with Crippen LogP contribution in [0.4, 0.5) is 0 Å². The predicted octanol–water partition coefficient (Wildman–Crippen LogP) is 4.59. The van der Waals surface area contributed by atoms with E-state index in [9.17, 15) is 4.79 Å². The molecule has 1 rings (SSSR count). The van der Waals surface area contributed by atoms with Crippen LogP contribution in [-0.2, 0) is 4.79 Å². The molecule has 0 aliphatic heterocycles. The van der Waals surface area contributed by atoms with Crippen molar-refractivity contribution in [1.82, 2.24) is 0 Å². The number of rotatable bonds is 1. The highest BCUT2D eigenvalue weighted by atomic mass is 35.5. The normalized spacial score (nSPS) is 24.5. The van der Waals surface area contributed by atoms with Gasteiger partial charge in [0.15, 0.2) is 0 Å². The first-order valence-corrected chi connectivity index (χ1v) is 6.57. The van der Waals surface area contributed by atoms with E-state index < -0.39 is 0 Å². The first-order chi connectivity index (χ1) is 7.30. The number of carbonyl (C=O) groups is 1. The molecule has 1 aliphatic carbocycles. The van der Waals surface area contributed by atoms with Gasteiger partial charge in [0.2, 0.25) is 5.24 Å². The molecule has 0 fully saturated rings. The van der Waals surface area contributed by atoms with Crippen molar-refractivity contribution in [1.29, 1.82) is 0 Å². The summed E-state index contributed by atoms with van der Waals surface area (Å²) in [5.74, 6) is 0. The lowest BCUT2D eigenvalue weighted by molar-refractivity contribution is -0.108. The van der Waals surface area contributed by atoms with Crippen LogP contribution in [0.15, 0.2) is 11.6 Å². The summed E-state index contributed by atoms with van der Waals surface area (Å²) < 4.78 is 0. The van der Waals surface area contributed by atoms with E-state index in [1.165, 1.54) is 44.9 Å². The SMILES string of the molecule is O=C(Cl)/C1=C/CCCCCCCCCC1. The van der Waals surface area contributed by atoms with E-state index in [0.717, 1.165) is 24.8 Å². The van der Waals surface area contributed by atoms with Gasteiger partial charge in [-0.25, -0.2) is 0 Å². The Kier molecular flexibility index (Phi) is 6.74. The number of halogens is 1. The summed E-state index contributed by atoms with van der Waals surface area (Å²) in [7, 11) is 0. The highest BCUT2D eigenvalue weighted by Gasteiger charge is 2.05. The van der Waals surface area contributed by atoms with E-state index >= 15 is 0 Å². The Morgan fingerprint density at radius 3 is 2.07 bits per heavy atom. The molecule has 0 amide bonds. The minimum absolute atomic E-state index is 0.243. The van der Waals surface area contributed by atoms with Crippen LogP contribution in [0.1, 0.15) is 64.2 Å². The van der Waals surface area contributed by atoms with Crippen molar-refractivity contribution >= 4 is 16.8 Å². The summed E-state index contributed by atoms with van der Waals surface area (Å²) in [5.41, 5.74) is 0.845. The molecule has 0 N–H and O–H groups in total. The summed E-state index contributed by atoms with van der Waals surface area (Å²) in [4.78, 5) is 11.1. The van der Waals surface area contributed by atoms with Gasteiger partial charge in [-0.15, -0.1) is 0 Å². The van der Waals surface area contributed by atoms with E-state index in [1.807, 2.05) is 0 Å². The number of allylic oxidation sites excluding steroid dienone is 2. The van der Waals surface area contributed by atoms with Gasteiger partial charge in [0, 0.05) is 5.57 Å². The largest absolute Gasteiger partial charge is 0.276 e. The molecule has 0 saturated heterocycles. The van der Waals surface area contributed by atoms with Crippen molar-refractivity contribution in [2.75, 3.05) is 0 Å². The van der Waals surface area contributed by atoms with Crippen LogP contribution >= 0.6 is 11.6 Å². The van der Waals surface area contributed by atoms with Gasteiger partial charge >= 0.3 is 0 Å². The van der Waals surface area contributed by atoms with Crippen LogP contribution in [0.2, 0.25) is 0 Å². The molecule has 0 heterocycles. The summed E-state index contributed by atoms with van der Waals surface area (Å²) in [6.45, 7) is 0. The van der Waals surface area contributed by atoms with Gasteiger partial charge in [-0.05, 0) is 37.3 Å². The molecular formula is C13H21ClO. The summed E-state index contributed by atoms with van der Waals surface area (Å²) in [6.07, 6.45) is 14.2. The first-order valence-electron chi connectivity index (χ1n) is 6.19. The van der Waals surface area contributed by atoms with Crippen molar-refractivity contribution in [2.45, 2.75) is 64.2 Å². The highest BCUT2D eigenvalue weighted by Crippen LogP contribution is 2.18. The average molecular weight is 229 g/mol. The lowest BCUT2D eigenvalue weighted by Gasteiger charge is -2.06.